The Morgan fingerprint density at radius 1 is 1.09 bits per heavy atom. The van der Waals surface area contributed by atoms with Crippen LogP contribution in [0.1, 0.15) is 101 Å². The molecule has 15 nitrogen and oxygen atoms in total. The molecule has 0 spiro atoms. The van der Waals surface area contributed by atoms with Gasteiger partial charge in [0.1, 0.15) is 41.0 Å². The smallest absolute Gasteiger partial charge is 0.274 e. The Labute approximate surface area is 318 Å². The van der Waals surface area contributed by atoms with Crippen LogP contribution < -0.4 is 20.1 Å². The normalized spacial score (nSPS) is 26.6. The third-order valence-corrected chi connectivity index (χ3v) is 13.4. The van der Waals surface area contributed by atoms with Crippen molar-refractivity contribution < 1.29 is 41.2 Å². The van der Waals surface area contributed by atoms with Crippen molar-refractivity contribution in [1.82, 2.24) is 35.4 Å². The average Bonchev–Trinajstić information content (AvgIpc) is 3.93. The summed E-state index contributed by atoms with van der Waals surface area (Å²) in [6.07, 6.45) is 7.93. The maximum Gasteiger partial charge on any atom is 0.274 e. The summed E-state index contributed by atoms with van der Waals surface area (Å²) in [5, 5.41) is 9.52. The van der Waals surface area contributed by atoms with Gasteiger partial charge in [-0.05, 0) is 64.0 Å². The standard InChI is InChI=1S/C38H46FN7O8S/c1-4-24-18-30(44-54-24)32(47)41-28-12-10-8-6-7-9-11-22-20-38(22,36(50)45-55(51,52)37(3)15-16-37)43-33(48)31-19-25(21-46(31)35(28)49)53-34-26(5-2)40-27-14-13-23(39)17-29(27)42-34/h9,11,13-14,17-18,22,25,28,31H,4-8,10,12,15-16,19-21H2,1-3H3,(H,41,47)(H,43,48)(H,45,50). The van der Waals surface area contributed by atoms with Gasteiger partial charge in [-0.2, -0.15) is 0 Å². The highest BCUT2D eigenvalue weighted by molar-refractivity contribution is 7.91. The van der Waals surface area contributed by atoms with E-state index in [0.29, 0.717) is 55.5 Å². The molecule has 2 aliphatic heterocycles. The van der Waals surface area contributed by atoms with E-state index in [1.807, 2.05) is 26.0 Å². The number of hydrogen-bond donors (Lipinski definition) is 3. The molecule has 7 rings (SSSR count). The number of sulfonamides is 1. The van der Waals surface area contributed by atoms with Gasteiger partial charge in [0, 0.05) is 30.9 Å². The lowest BCUT2D eigenvalue weighted by Gasteiger charge is -2.30. The second-order valence-electron chi connectivity index (χ2n) is 15.2. The molecule has 2 saturated carbocycles. The highest BCUT2D eigenvalue weighted by Gasteiger charge is 2.63. The second-order valence-corrected chi connectivity index (χ2v) is 17.4. The first-order valence-corrected chi connectivity index (χ1v) is 20.5. The number of fused-ring (bicyclic) bond motifs is 3. The van der Waals surface area contributed by atoms with E-state index >= 15 is 0 Å². The van der Waals surface area contributed by atoms with E-state index < -0.39 is 73.9 Å². The summed E-state index contributed by atoms with van der Waals surface area (Å²) >= 11 is 0. The van der Waals surface area contributed by atoms with Crippen molar-refractivity contribution in [2.75, 3.05) is 6.54 Å². The molecule has 3 aromatic rings. The highest BCUT2D eigenvalue weighted by atomic mass is 32.2. The zero-order valence-electron chi connectivity index (χ0n) is 31.1. The van der Waals surface area contributed by atoms with Crippen LogP contribution in [0.5, 0.6) is 5.88 Å². The van der Waals surface area contributed by atoms with Crippen molar-refractivity contribution in [3.05, 3.63) is 59.4 Å². The lowest BCUT2D eigenvalue weighted by Crippen LogP contribution is -2.58. The summed E-state index contributed by atoms with van der Waals surface area (Å²) in [4.78, 5) is 66.7. The number of aromatic nitrogens is 3. The largest absolute Gasteiger partial charge is 0.471 e. The molecular weight excluding hydrogens is 734 g/mol. The molecule has 4 amide bonds. The Morgan fingerprint density at radius 3 is 2.62 bits per heavy atom. The number of allylic oxidation sites excluding steroid dienone is 1. The van der Waals surface area contributed by atoms with Gasteiger partial charge in [-0.1, -0.05) is 44.0 Å². The van der Waals surface area contributed by atoms with Crippen molar-refractivity contribution in [3.8, 4) is 5.88 Å². The molecule has 17 heteroatoms. The van der Waals surface area contributed by atoms with Gasteiger partial charge in [-0.25, -0.2) is 22.8 Å². The van der Waals surface area contributed by atoms with Gasteiger partial charge in [-0.15, -0.1) is 0 Å². The molecule has 1 saturated heterocycles. The first kappa shape index (κ1) is 38.3. The van der Waals surface area contributed by atoms with Crippen molar-refractivity contribution in [1.29, 1.82) is 0 Å². The molecule has 0 radical (unpaired) electrons. The molecule has 1 aromatic carbocycles. The first-order chi connectivity index (χ1) is 26.3. The van der Waals surface area contributed by atoms with E-state index in [2.05, 4.69) is 30.5 Å². The lowest BCUT2D eigenvalue weighted by atomic mass is 10.0. The van der Waals surface area contributed by atoms with Crippen LogP contribution in [0.2, 0.25) is 0 Å². The summed E-state index contributed by atoms with van der Waals surface area (Å²) in [5.74, 6) is -2.98. The number of nitrogens with one attached hydrogen (secondary N) is 3. The summed E-state index contributed by atoms with van der Waals surface area (Å²) in [6, 6.07) is 3.34. The molecule has 2 aromatic heterocycles. The van der Waals surface area contributed by atoms with Gasteiger partial charge in [0.15, 0.2) is 5.69 Å². The van der Waals surface area contributed by atoms with Crippen LogP contribution in [-0.4, -0.2) is 87.1 Å². The number of ether oxygens (including phenoxy) is 1. The molecule has 4 aliphatic rings. The predicted octanol–water partition coefficient (Wildman–Crippen LogP) is 3.42. The van der Waals surface area contributed by atoms with Crippen LogP contribution in [0.15, 0.2) is 40.9 Å². The third kappa shape index (κ3) is 7.80. The van der Waals surface area contributed by atoms with Crippen LogP contribution in [0, 0.1) is 11.7 Å². The second kappa shape index (κ2) is 15.0. The quantitative estimate of drug-likeness (QED) is 0.269. The number of aryl methyl sites for hydroxylation is 2. The summed E-state index contributed by atoms with van der Waals surface area (Å²) < 4.78 is 53.2. The molecule has 3 N–H and O–H groups in total. The van der Waals surface area contributed by atoms with Crippen LogP contribution in [0.4, 0.5) is 4.39 Å². The van der Waals surface area contributed by atoms with E-state index in [-0.39, 0.29) is 42.9 Å². The third-order valence-electron chi connectivity index (χ3n) is 11.2. The van der Waals surface area contributed by atoms with Gasteiger partial charge in [0.2, 0.25) is 27.7 Å². The zero-order chi connectivity index (χ0) is 39.1. The summed E-state index contributed by atoms with van der Waals surface area (Å²) in [5.41, 5.74) is -0.293. The minimum absolute atomic E-state index is 0.0174. The number of carbonyl (C=O) groups is 4. The number of hydrogen-bond acceptors (Lipinski definition) is 11. The molecule has 2 aliphatic carbocycles. The summed E-state index contributed by atoms with van der Waals surface area (Å²) in [6.45, 7) is 5.20. The minimum Gasteiger partial charge on any atom is -0.471 e. The Hall–Kier alpha value is -4.93. The Balaban J connectivity index is 1.20. The van der Waals surface area contributed by atoms with Crippen molar-refractivity contribution >= 4 is 44.7 Å². The number of nitrogens with zero attached hydrogens (tertiary/aromatic N) is 4. The fraction of sp³-hybridized carbons (Fsp3) is 0.553. The number of halogens is 1. The van der Waals surface area contributed by atoms with E-state index in [9.17, 15) is 32.0 Å². The van der Waals surface area contributed by atoms with Crippen LogP contribution in [0.3, 0.4) is 0 Å². The zero-order valence-corrected chi connectivity index (χ0v) is 31.9. The molecule has 294 valence electrons. The maximum absolute atomic E-state index is 14.6. The van der Waals surface area contributed by atoms with Crippen LogP contribution in [0.25, 0.3) is 11.0 Å². The fourth-order valence-electron chi connectivity index (χ4n) is 7.30. The van der Waals surface area contributed by atoms with E-state index in [4.69, 9.17) is 9.26 Å². The Bertz CT molecular complexity index is 2150. The Kier molecular flexibility index (Phi) is 10.4. The SMILES string of the molecule is CCc1cc(C(=O)NC2CCCCCC=CC3CC3(C(=O)NS(=O)(=O)C3(C)CC3)NC(=O)C3CC(Oc4nc5cc(F)ccc5nc4CC)CN3C2=O)no1. The molecule has 5 unspecified atom stereocenters. The monoisotopic (exact) mass is 779 g/mol. The molecule has 5 atom stereocenters. The maximum atomic E-state index is 14.6. The van der Waals surface area contributed by atoms with Crippen molar-refractivity contribution in [3.63, 3.8) is 0 Å². The van der Waals surface area contributed by atoms with E-state index in [0.717, 1.165) is 12.8 Å². The number of benzene rings is 1. The first-order valence-electron chi connectivity index (χ1n) is 19.0. The van der Waals surface area contributed by atoms with Gasteiger partial charge >= 0.3 is 0 Å². The van der Waals surface area contributed by atoms with Crippen LogP contribution >= 0.6 is 0 Å². The Morgan fingerprint density at radius 2 is 1.89 bits per heavy atom. The van der Waals surface area contributed by atoms with Crippen molar-refractivity contribution in [2.24, 2.45) is 5.92 Å². The molecule has 4 heterocycles. The molecular formula is C38H46FN7O8S. The van der Waals surface area contributed by atoms with Crippen LogP contribution in [-0.2, 0) is 37.2 Å². The fourth-order valence-corrected chi connectivity index (χ4v) is 8.61. The van der Waals surface area contributed by atoms with Gasteiger partial charge in [0.05, 0.1) is 22.3 Å². The van der Waals surface area contributed by atoms with E-state index in [1.165, 1.54) is 29.2 Å². The number of carbonyl (C=O) groups excluding carboxylic acids is 4. The van der Waals surface area contributed by atoms with Gasteiger partial charge in [0.25, 0.3) is 11.8 Å². The van der Waals surface area contributed by atoms with Crippen molar-refractivity contribution in [2.45, 2.75) is 120 Å². The van der Waals surface area contributed by atoms with Gasteiger partial charge in [-0.3, -0.25) is 23.9 Å². The minimum atomic E-state index is -4.01. The van der Waals surface area contributed by atoms with Gasteiger partial charge < -0.3 is 24.8 Å². The number of rotatable bonds is 9. The highest BCUT2D eigenvalue weighted by Crippen LogP contribution is 2.47. The number of amides is 4. The van der Waals surface area contributed by atoms with E-state index in [1.54, 1.807) is 6.92 Å². The predicted molar refractivity (Wildman–Crippen MR) is 196 cm³/mol. The average molecular weight is 780 g/mol. The lowest BCUT2D eigenvalue weighted by molar-refractivity contribution is -0.141. The molecule has 3 fully saturated rings. The summed E-state index contributed by atoms with van der Waals surface area (Å²) in [7, 11) is -4.01. The molecule has 55 heavy (non-hydrogen) atoms. The topological polar surface area (TPSA) is 203 Å². The molecule has 0 bridgehead atoms.